The molecule has 0 fully saturated rings. The molecule has 0 radical (unpaired) electrons. The van der Waals surface area contributed by atoms with Crippen LogP contribution < -0.4 is 5.32 Å². The molecule has 1 aromatic heterocycles. The molecule has 0 saturated carbocycles. The molecule has 3 nitrogen and oxygen atoms in total. The quantitative estimate of drug-likeness (QED) is 0.931. The SMILES string of the molecule is FCCNc1ncc2cccc(Br)c2n1. The molecule has 0 aliphatic heterocycles. The highest BCUT2D eigenvalue weighted by Crippen LogP contribution is 2.21. The first-order valence-corrected chi connectivity index (χ1v) is 5.31. The van der Waals surface area contributed by atoms with Crippen LogP contribution in [0.15, 0.2) is 28.9 Å². The fourth-order valence-electron chi connectivity index (χ4n) is 1.26. The molecule has 1 aromatic carbocycles. The number of hydrogen-bond acceptors (Lipinski definition) is 3. The van der Waals surface area contributed by atoms with Crippen molar-refractivity contribution < 1.29 is 4.39 Å². The zero-order chi connectivity index (χ0) is 10.7. The van der Waals surface area contributed by atoms with Crippen molar-refractivity contribution in [3.05, 3.63) is 28.9 Å². The van der Waals surface area contributed by atoms with E-state index in [-0.39, 0.29) is 6.54 Å². The summed E-state index contributed by atoms with van der Waals surface area (Å²) in [6, 6.07) is 5.76. The second-order valence-corrected chi connectivity index (χ2v) is 3.84. The minimum Gasteiger partial charge on any atom is -0.352 e. The van der Waals surface area contributed by atoms with Gasteiger partial charge in [-0.15, -0.1) is 0 Å². The van der Waals surface area contributed by atoms with Crippen LogP contribution in [0.1, 0.15) is 0 Å². The summed E-state index contributed by atoms with van der Waals surface area (Å²) in [6.07, 6.45) is 1.72. The maximum Gasteiger partial charge on any atom is 0.223 e. The van der Waals surface area contributed by atoms with Gasteiger partial charge in [-0.2, -0.15) is 0 Å². The van der Waals surface area contributed by atoms with Gasteiger partial charge in [-0.1, -0.05) is 12.1 Å². The van der Waals surface area contributed by atoms with Crippen molar-refractivity contribution in [2.45, 2.75) is 0 Å². The summed E-state index contributed by atoms with van der Waals surface area (Å²) in [5.74, 6) is 0.451. The Labute approximate surface area is 94.9 Å². The van der Waals surface area contributed by atoms with E-state index < -0.39 is 6.67 Å². The Kier molecular flexibility index (Phi) is 3.11. The van der Waals surface area contributed by atoms with Crippen LogP contribution in [0.5, 0.6) is 0 Å². The molecule has 0 bridgehead atoms. The molecule has 0 aliphatic carbocycles. The van der Waals surface area contributed by atoms with Crippen LogP contribution in [0.25, 0.3) is 10.9 Å². The molecule has 0 spiro atoms. The molecule has 0 aliphatic rings. The number of hydrogen-bond donors (Lipinski definition) is 1. The first kappa shape index (κ1) is 10.3. The number of nitrogens with one attached hydrogen (secondary N) is 1. The fraction of sp³-hybridized carbons (Fsp3) is 0.200. The lowest BCUT2D eigenvalue weighted by Crippen LogP contribution is -2.06. The van der Waals surface area contributed by atoms with Crippen LogP contribution in [0.4, 0.5) is 10.3 Å². The normalized spacial score (nSPS) is 10.5. The molecule has 2 rings (SSSR count). The monoisotopic (exact) mass is 269 g/mol. The summed E-state index contributed by atoms with van der Waals surface area (Å²) < 4.78 is 12.9. The maximum atomic E-state index is 11.9. The van der Waals surface area contributed by atoms with Crippen LogP contribution in [0, 0.1) is 0 Å². The van der Waals surface area contributed by atoms with Crippen molar-refractivity contribution in [3.8, 4) is 0 Å². The molecule has 78 valence electrons. The van der Waals surface area contributed by atoms with Crippen LogP contribution in [-0.4, -0.2) is 23.2 Å². The average Bonchev–Trinajstić information content (AvgIpc) is 2.27. The Hall–Kier alpha value is -1.23. The van der Waals surface area contributed by atoms with E-state index in [9.17, 15) is 4.39 Å². The summed E-state index contributed by atoms with van der Waals surface area (Å²) in [4.78, 5) is 8.35. The summed E-state index contributed by atoms with van der Waals surface area (Å²) in [5.41, 5.74) is 0.828. The Morgan fingerprint density at radius 3 is 3.07 bits per heavy atom. The first-order valence-electron chi connectivity index (χ1n) is 4.52. The molecule has 15 heavy (non-hydrogen) atoms. The molecular formula is C10H9BrFN3. The second-order valence-electron chi connectivity index (χ2n) is 2.99. The zero-order valence-corrected chi connectivity index (χ0v) is 9.46. The average molecular weight is 270 g/mol. The zero-order valence-electron chi connectivity index (χ0n) is 7.87. The molecule has 1 heterocycles. The number of halogens is 2. The summed E-state index contributed by atoms with van der Waals surface area (Å²) in [5, 5.41) is 3.75. The van der Waals surface area contributed by atoms with Gasteiger partial charge in [0.2, 0.25) is 5.95 Å². The van der Waals surface area contributed by atoms with Crippen molar-refractivity contribution in [1.82, 2.24) is 9.97 Å². The molecule has 0 saturated heterocycles. The number of benzene rings is 1. The van der Waals surface area contributed by atoms with Gasteiger partial charge in [0, 0.05) is 22.6 Å². The third-order valence-electron chi connectivity index (χ3n) is 1.94. The van der Waals surface area contributed by atoms with Gasteiger partial charge in [0.25, 0.3) is 0 Å². The van der Waals surface area contributed by atoms with Crippen molar-refractivity contribution >= 4 is 32.8 Å². The molecule has 1 N–H and O–H groups in total. The van der Waals surface area contributed by atoms with Gasteiger partial charge in [0.1, 0.15) is 6.67 Å². The van der Waals surface area contributed by atoms with Gasteiger partial charge >= 0.3 is 0 Å². The number of anilines is 1. The van der Waals surface area contributed by atoms with E-state index in [2.05, 4.69) is 31.2 Å². The second kappa shape index (κ2) is 4.53. The van der Waals surface area contributed by atoms with E-state index in [0.717, 1.165) is 15.4 Å². The molecule has 5 heteroatoms. The summed E-state index contributed by atoms with van der Waals surface area (Å²) in [7, 11) is 0. The van der Waals surface area contributed by atoms with E-state index in [1.807, 2.05) is 18.2 Å². The van der Waals surface area contributed by atoms with Gasteiger partial charge in [-0.25, -0.2) is 14.4 Å². The largest absolute Gasteiger partial charge is 0.352 e. The highest BCUT2D eigenvalue weighted by atomic mass is 79.9. The van der Waals surface area contributed by atoms with Gasteiger partial charge in [0.05, 0.1) is 5.52 Å². The maximum absolute atomic E-state index is 11.9. The minimum atomic E-state index is -0.433. The lowest BCUT2D eigenvalue weighted by atomic mass is 10.2. The number of nitrogens with zero attached hydrogens (tertiary/aromatic N) is 2. The van der Waals surface area contributed by atoms with E-state index in [0.29, 0.717) is 5.95 Å². The van der Waals surface area contributed by atoms with Crippen molar-refractivity contribution in [2.24, 2.45) is 0 Å². The number of fused-ring (bicyclic) bond motifs is 1. The van der Waals surface area contributed by atoms with Gasteiger partial charge in [-0.05, 0) is 22.0 Å². The highest BCUT2D eigenvalue weighted by molar-refractivity contribution is 9.10. The molecule has 2 aromatic rings. The number of rotatable bonds is 3. The highest BCUT2D eigenvalue weighted by Gasteiger charge is 2.02. The minimum absolute atomic E-state index is 0.232. The topological polar surface area (TPSA) is 37.8 Å². The molecular weight excluding hydrogens is 261 g/mol. The molecule has 0 unspecified atom stereocenters. The van der Waals surface area contributed by atoms with Gasteiger partial charge in [-0.3, -0.25) is 0 Å². The van der Waals surface area contributed by atoms with E-state index in [1.165, 1.54) is 0 Å². The Bertz CT molecular complexity index is 475. The van der Waals surface area contributed by atoms with Gasteiger partial charge < -0.3 is 5.32 Å². The summed E-state index contributed by atoms with van der Waals surface area (Å²) in [6.45, 7) is -0.201. The Morgan fingerprint density at radius 1 is 1.40 bits per heavy atom. The third kappa shape index (κ3) is 2.23. The van der Waals surface area contributed by atoms with Gasteiger partial charge in [0.15, 0.2) is 0 Å². The van der Waals surface area contributed by atoms with Crippen molar-refractivity contribution in [3.63, 3.8) is 0 Å². The van der Waals surface area contributed by atoms with E-state index >= 15 is 0 Å². The van der Waals surface area contributed by atoms with Crippen LogP contribution in [0.2, 0.25) is 0 Å². The Morgan fingerprint density at radius 2 is 2.27 bits per heavy atom. The van der Waals surface area contributed by atoms with E-state index in [1.54, 1.807) is 6.20 Å². The number of para-hydroxylation sites is 1. The van der Waals surface area contributed by atoms with Crippen molar-refractivity contribution in [1.29, 1.82) is 0 Å². The van der Waals surface area contributed by atoms with Crippen LogP contribution in [0.3, 0.4) is 0 Å². The third-order valence-corrected chi connectivity index (χ3v) is 2.58. The van der Waals surface area contributed by atoms with Crippen molar-refractivity contribution in [2.75, 3.05) is 18.5 Å². The van der Waals surface area contributed by atoms with Crippen LogP contribution in [-0.2, 0) is 0 Å². The summed E-state index contributed by atoms with van der Waals surface area (Å²) >= 11 is 3.41. The smallest absolute Gasteiger partial charge is 0.223 e. The standard InChI is InChI=1S/C10H9BrFN3/c11-8-3-1-2-7-6-14-10(13-5-4-12)15-9(7)8/h1-3,6H,4-5H2,(H,13,14,15). The van der Waals surface area contributed by atoms with E-state index in [4.69, 9.17) is 0 Å². The predicted octanol–water partition coefficient (Wildman–Crippen LogP) is 2.77. The lowest BCUT2D eigenvalue weighted by Gasteiger charge is -2.04. The lowest BCUT2D eigenvalue weighted by molar-refractivity contribution is 0.512. The van der Waals surface area contributed by atoms with Crippen LogP contribution >= 0.6 is 15.9 Å². The fourth-order valence-corrected chi connectivity index (χ4v) is 1.73. The molecule has 0 atom stereocenters. The number of alkyl halides is 1. The predicted molar refractivity (Wildman–Crippen MR) is 61.7 cm³/mol. The number of aromatic nitrogens is 2. The first-order chi connectivity index (χ1) is 7.31. The Balaban J connectivity index is 2.41. The molecule has 0 amide bonds.